The fourth-order valence-electron chi connectivity index (χ4n) is 5.10. The highest BCUT2D eigenvalue weighted by molar-refractivity contribution is 5.75. The third-order valence-electron chi connectivity index (χ3n) is 7.41. The first-order valence-corrected chi connectivity index (χ1v) is 13.8. The van der Waals surface area contributed by atoms with Gasteiger partial charge in [0.05, 0.1) is 25.0 Å². The number of aromatic nitrogens is 4. The Morgan fingerprint density at radius 2 is 1.88 bits per heavy atom. The third-order valence-corrected chi connectivity index (χ3v) is 7.41. The van der Waals surface area contributed by atoms with Crippen LogP contribution in [-0.2, 0) is 9.47 Å². The molecule has 0 bridgehead atoms. The van der Waals surface area contributed by atoms with Crippen LogP contribution >= 0.6 is 0 Å². The summed E-state index contributed by atoms with van der Waals surface area (Å²) in [5.41, 5.74) is 2.52. The zero-order chi connectivity index (χ0) is 29.2. The fourth-order valence-corrected chi connectivity index (χ4v) is 5.10. The Kier molecular flexibility index (Phi) is 7.99. The second kappa shape index (κ2) is 11.5. The van der Waals surface area contributed by atoms with Crippen LogP contribution in [0.3, 0.4) is 0 Å². The fraction of sp³-hybridized carbons (Fsp3) is 0.500. The van der Waals surface area contributed by atoms with Crippen LogP contribution in [0, 0.1) is 0 Å². The third kappa shape index (κ3) is 6.51. The lowest BCUT2D eigenvalue weighted by molar-refractivity contribution is 0.00539. The highest BCUT2D eigenvalue weighted by atomic mass is 16.7. The summed E-state index contributed by atoms with van der Waals surface area (Å²) in [6.07, 6.45) is 4.27. The highest BCUT2D eigenvalue weighted by Crippen LogP contribution is 2.44. The van der Waals surface area contributed by atoms with Crippen molar-refractivity contribution in [3.63, 3.8) is 0 Å². The minimum atomic E-state index is -0.535. The van der Waals surface area contributed by atoms with Crippen molar-refractivity contribution in [1.29, 1.82) is 0 Å². The van der Waals surface area contributed by atoms with Crippen molar-refractivity contribution in [3.05, 3.63) is 42.6 Å². The maximum atomic E-state index is 13.2. The van der Waals surface area contributed by atoms with Crippen LogP contribution in [0.2, 0.25) is 0 Å². The molecule has 0 spiro atoms. The molecule has 1 aliphatic carbocycles. The maximum absolute atomic E-state index is 13.2. The van der Waals surface area contributed by atoms with E-state index in [1.165, 1.54) is 0 Å². The molecule has 1 aromatic carbocycles. The van der Waals surface area contributed by atoms with E-state index in [-0.39, 0.29) is 24.5 Å². The molecule has 1 amide bonds. The standard InChI is InChI=1S/C30H38N6O5/c1-29(2,3)41-28(37)36(30(4)12-13-30)22-11-14-35(18-22)26-10-9-24(32-33-26)23-8-7-20(15-25(23)40-19-38-5)21-16-27(39-6)34-31-17-21/h7-10,15-17,22H,11-14,18-19H2,1-6H3/t22-/m0/s1. The number of hydrogen-bond donors (Lipinski definition) is 0. The molecule has 41 heavy (non-hydrogen) atoms. The van der Waals surface area contributed by atoms with Crippen LogP contribution in [0.15, 0.2) is 42.6 Å². The maximum Gasteiger partial charge on any atom is 0.411 e. The quantitative estimate of drug-likeness (QED) is 0.332. The first-order valence-electron chi connectivity index (χ1n) is 13.8. The summed E-state index contributed by atoms with van der Waals surface area (Å²) in [7, 11) is 3.13. The molecule has 2 aromatic heterocycles. The molecular weight excluding hydrogens is 524 g/mol. The highest BCUT2D eigenvalue weighted by Gasteiger charge is 2.51. The Labute approximate surface area is 240 Å². The van der Waals surface area contributed by atoms with Gasteiger partial charge >= 0.3 is 6.09 Å². The SMILES string of the molecule is COCOc1cc(-c2cnnc(OC)c2)ccc1-c1ccc(N2CC[C@H](N(C(=O)OC(C)(C)C)C3(C)CC3)C2)nn1. The predicted molar refractivity (Wildman–Crippen MR) is 154 cm³/mol. The van der Waals surface area contributed by atoms with Crippen molar-refractivity contribution in [1.82, 2.24) is 25.3 Å². The van der Waals surface area contributed by atoms with Gasteiger partial charge in [0.2, 0.25) is 5.88 Å². The summed E-state index contributed by atoms with van der Waals surface area (Å²) in [5, 5.41) is 17.1. The topological polar surface area (TPSA) is 112 Å². The lowest BCUT2D eigenvalue weighted by Crippen LogP contribution is -2.50. The normalized spacial score (nSPS) is 17.7. The molecule has 1 aliphatic heterocycles. The number of methoxy groups -OCH3 is 2. The van der Waals surface area contributed by atoms with Crippen LogP contribution in [0.4, 0.5) is 10.6 Å². The number of ether oxygens (including phenoxy) is 4. The number of carbonyl (C=O) groups excluding carboxylic acids is 1. The Bertz CT molecular complexity index is 1370. The number of benzene rings is 1. The van der Waals surface area contributed by atoms with Gasteiger partial charge in [0.1, 0.15) is 11.4 Å². The first-order chi connectivity index (χ1) is 19.6. The summed E-state index contributed by atoms with van der Waals surface area (Å²) >= 11 is 0. The molecular formula is C30H38N6O5. The molecule has 2 fully saturated rings. The molecule has 1 saturated carbocycles. The van der Waals surface area contributed by atoms with Crippen LogP contribution in [-0.4, -0.2) is 82.7 Å². The summed E-state index contributed by atoms with van der Waals surface area (Å²) in [6.45, 7) is 9.42. The van der Waals surface area contributed by atoms with Crippen molar-refractivity contribution < 1.29 is 23.7 Å². The minimum Gasteiger partial charge on any atom is -0.480 e. The predicted octanol–water partition coefficient (Wildman–Crippen LogP) is 4.96. The van der Waals surface area contributed by atoms with Crippen molar-refractivity contribution in [2.45, 2.75) is 64.1 Å². The van der Waals surface area contributed by atoms with Gasteiger partial charge in [0, 0.05) is 42.9 Å². The molecule has 11 nitrogen and oxygen atoms in total. The van der Waals surface area contributed by atoms with Crippen molar-refractivity contribution in [3.8, 4) is 34.0 Å². The van der Waals surface area contributed by atoms with E-state index >= 15 is 0 Å². The first kappa shape index (κ1) is 28.5. The van der Waals surface area contributed by atoms with E-state index in [0.29, 0.717) is 23.9 Å². The summed E-state index contributed by atoms with van der Waals surface area (Å²) in [4.78, 5) is 17.3. The number of anilines is 1. The lowest BCUT2D eigenvalue weighted by atomic mass is 10.0. The lowest BCUT2D eigenvalue weighted by Gasteiger charge is -2.36. The largest absolute Gasteiger partial charge is 0.480 e. The van der Waals surface area contributed by atoms with Crippen LogP contribution < -0.4 is 14.4 Å². The van der Waals surface area contributed by atoms with E-state index in [2.05, 4.69) is 32.2 Å². The molecule has 1 atom stereocenters. The second-order valence-electron chi connectivity index (χ2n) is 11.8. The molecule has 218 valence electrons. The van der Waals surface area contributed by atoms with E-state index in [4.69, 9.17) is 18.9 Å². The number of carbonyl (C=O) groups is 1. The Hall–Kier alpha value is -3.99. The van der Waals surface area contributed by atoms with Gasteiger partial charge in [-0.05, 0) is 76.8 Å². The van der Waals surface area contributed by atoms with Gasteiger partial charge in [-0.15, -0.1) is 15.3 Å². The Morgan fingerprint density at radius 3 is 2.54 bits per heavy atom. The summed E-state index contributed by atoms with van der Waals surface area (Å²) in [5.74, 6) is 1.80. The number of amides is 1. The summed E-state index contributed by atoms with van der Waals surface area (Å²) < 4.78 is 22.1. The van der Waals surface area contributed by atoms with E-state index < -0.39 is 5.60 Å². The van der Waals surface area contributed by atoms with Gasteiger partial charge in [-0.2, -0.15) is 5.10 Å². The van der Waals surface area contributed by atoms with Gasteiger partial charge in [-0.3, -0.25) is 4.90 Å². The van der Waals surface area contributed by atoms with E-state index in [1.807, 2.05) is 62.1 Å². The zero-order valence-electron chi connectivity index (χ0n) is 24.6. The van der Waals surface area contributed by atoms with Crippen molar-refractivity contribution in [2.75, 3.05) is 39.0 Å². The molecule has 5 rings (SSSR count). The van der Waals surface area contributed by atoms with Crippen LogP contribution in [0.5, 0.6) is 11.6 Å². The molecule has 11 heteroatoms. The van der Waals surface area contributed by atoms with E-state index in [9.17, 15) is 4.79 Å². The van der Waals surface area contributed by atoms with Gasteiger partial charge in [0.25, 0.3) is 0 Å². The van der Waals surface area contributed by atoms with Gasteiger partial charge in [-0.25, -0.2) is 4.79 Å². The monoisotopic (exact) mass is 562 g/mol. The van der Waals surface area contributed by atoms with Crippen LogP contribution in [0.25, 0.3) is 22.4 Å². The smallest absolute Gasteiger partial charge is 0.411 e. The van der Waals surface area contributed by atoms with E-state index in [1.54, 1.807) is 20.4 Å². The molecule has 2 aliphatic rings. The molecule has 1 saturated heterocycles. The Balaban J connectivity index is 1.34. The number of rotatable bonds is 9. The molecule has 0 N–H and O–H groups in total. The van der Waals surface area contributed by atoms with Gasteiger partial charge < -0.3 is 23.8 Å². The molecule has 3 aromatic rings. The van der Waals surface area contributed by atoms with Crippen LogP contribution in [0.1, 0.15) is 47.0 Å². The molecule has 3 heterocycles. The number of nitrogens with zero attached hydrogens (tertiary/aromatic N) is 6. The molecule has 0 radical (unpaired) electrons. The molecule has 0 unspecified atom stereocenters. The van der Waals surface area contributed by atoms with Gasteiger partial charge in [0.15, 0.2) is 12.6 Å². The van der Waals surface area contributed by atoms with E-state index in [0.717, 1.165) is 48.3 Å². The zero-order valence-corrected chi connectivity index (χ0v) is 24.6. The van der Waals surface area contributed by atoms with Gasteiger partial charge in [-0.1, -0.05) is 6.07 Å². The van der Waals surface area contributed by atoms with Crippen molar-refractivity contribution in [2.24, 2.45) is 0 Å². The minimum absolute atomic E-state index is 0.0571. The average molecular weight is 563 g/mol. The summed E-state index contributed by atoms with van der Waals surface area (Å²) in [6, 6.07) is 11.6. The second-order valence-corrected chi connectivity index (χ2v) is 11.8. The average Bonchev–Trinajstić information content (AvgIpc) is 3.50. The van der Waals surface area contributed by atoms with Crippen molar-refractivity contribution >= 4 is 11.9 Å². The Morgan fingerprint density at radius 1 is 1.07 bits per heavy atom. The number of hydrogen-bond acceptors (Lipinski definition) is 10.